The minimum absolute atomic E-state index is 0.136. The zero-order valence-corrected chi connectivity index (χ0v) is 20.5. The van der Waals surface area contributed by atoms with E-state index in [0.29, 0.717) is 12.4 Å². The fourth-order valence-electron chi connectivity index (χ4n) is 5.53. The van der Waals surface area contributed by atoms with Crippen LogP contribution >= 0.6 is 0 Å². The quantitative estimate of drug-likeness (QED) is 0.329. The number of piperidine rings is 1. The predicted octanol–water partition coefficient (Wildman–Crippen LogP) is 6.26. The number of carbonyl (C=O) groups is 1. The standard InChI is InChI=1S/C31H29NO5/c33-22-10-14-24-21(19-22)9-13-25-26-5-4-6-27(31(34)35)30(26)37-29(28(24)25)20-7-11-23(12-8-20)36-18-17-32-15-2-1-3-16-32/h4-14,19,29,33H,1-3,15-18H2,(H,34,35). The molecule has 1 atom stereocenters. The first kappa shape index (κ1) is 23.4. The average Bonchev–Trinajstić information content (AvgIpc) is 2.92. The predicted molar refractivity (Wildman–Crippen MR) is 143 cm³/mol. The van der Waals surface area contributed by atoms with E-state index < -0.39 is 12.1 Å². The van der Waals surface area contributed by atoms with Gasteiger partial charge in [-0.15, -0.1) is 0 Å². The monoisotopic (exact) mass is 495 g/mol. The first-order valence-corrected chi connectivity index (χ1v) is 12.8. The maximum absolute atomic E-state index is 12.0. The van der Waals surface area contributed by atoms with Crippen molar-refractivity contribution in [1.29, 1.82) is 0 Å². The van der Waals surface area contributed by atoms with Gasteiger partial charge in [-0.3, -0.25) is 4.90 Å². The largest absolute Gasteiger partial charge is 0.508 e. The summed E-state index contributed by atoms with van der Waals surface area (Å²) in [6.45, 7) is 3.86. The number of phenols is 1. The molecule has 37 heavy (non-hydrogen) atoms. The van der Waals surface area contributed by atoms with Gasteiger partial charge in [0.05, 0.1) is 0 Å². The molecule has 6 rings (SSSR count). The Morgan fingerprint density at radius 2 is 1.76 bits per heavy atom. The number of nitrogens with zero attached hydrogens (tertiary/aromatic N) is 1. The third-order valence-corrected chi connectivity index (χ3v) is 7.39. The van der Waals surface area contributed by atoms with Gasteiger partial charge >= 0.3 is 5.97 Å². The van der Waals surface area contributed by atoms with Crippen LogP contribution in [0.1, 0.15) is 46.9 Å². The molecule has 0 aromatic heterocycles. The number of fused-ring (bicyclic) bond motifs is 5. The Kier molecular flexibility index (Phi) is 6.18. The summed E-state index contributed by atoms with van der Waals surface area (Å²) in [5.41, 5.74) is 3.66. The van der Waals surface area contributed by atoms with Crippen molar-refractivity contribution in [3.63, 3.8) is 0 Å². The summed E-state index contributed by atoms with van der Waals surface area (Å²) in [6, 6.07) is 22.3. The first-order valence-electron chi connectivity index (χ1n) is 12.8. The number of phenolic OH excluding ortho intramolecular Hbond substituents is 1. The summed E-state index contributed by atoms with van der Waals surface area (Å²) in [7, 11) is 0. The molecule has 2 heterocycles. The molecule has 188 valence electrons. The van der Waals surface area contributed by atoms with Crippen LogP contribution in [0.3, 0.4) is 0 Å². The zero-order chi connectivity index (χ0) is 25.4. The highest BCUT2D eigenvalue weighted by molar-refractivity contribution is 5.99. The summed E-state index contributed by atoms with van der Waals surface area (Å²) in [5.74, 6) is 0.335. The maximum atomic E-state index is 12.0. The van der Waals surface area contributed by atoms with Crippen LogP contribution in [0.2, 0.25) is 0 Å². The number of aromatic hydroxyl groups is 1. The molecule has 4 aromatic rings. The van der Waals surface area contributed by atoms with Crippen molar-refractivity contribution < 1.29 is 24.5 Å². The lowest BCUT2D eigenvalue weighted by atomic mass is 9.85. The van der Waals surface area contributed by atoms with Crippen LogP contribution in [0.15, 0.2) is 72.8 Å². The van der Waals surface area contributed by atoms with E-state index in [2.05, 4.69) is 4.90 Å². The van der Waals surface area contributed by atoms with E-state index >= 15 is 0 Å². The third-order valence-electron chi connectivity index (χ3n) is 7.39. The average molecular weight is 496 g/mol. The first-order chi connectivity index (χ1) is 18.1. The van der Waals surface area contributed by atoms with E-state index in [4.69, 9.17) is 9.47 Å². The Labute approximate surface area is 215 Å². The molecule has 4 aromatic carbocycles. The minimum Gasteiger partial charge on any atom is -0.508 e. The molecule has 0 aliphatic carbocycles. The molecule has 2 aliphatic rings. The van der Waals surface area contributed by atoms with Crippen molar-refractivity contribution in [3.8, 4) is 28.4 Å². The molecule has 1 unspecified atom stereocenters. The van der Waals surface area contributed by atoms with Crippen LogP contribution in [0.5, 0.6) is 17.2 Å². The summed E-state index contributed by atoms with van der Waals surface area (Å²) in [4.78, 5) is 14.5. The fourth-order valence-corrected chi connectivity index (χ4v) is 5.53. The normalized spacial score (nSPS) is 17.0. The Morgan fingerprint density at radius 3 is 2.54 bits per heavy atom. The molecule has 1 fully saturated rings. The molecular formula is C31H29NO5. The van der Waals surface area contributed by atoms with Crippen LogP contribution in [0.25, 0.3) is 21.9 Å². The molecule has 2 N–H and O–H groups in total. The Hall–Kier alpha value is -4.03. The molecule has 1 saturated heterocycles. The Morgan fingerprint density at radius 1 is 0.946 bits per heavy atom. The van der Waals surface area contributed by atoms with Gasteiger partial charge in [-0.25, -0.2) is 4.79 Å². The smallest absolute Gasteiger partial charge is 0.339 e. The van der Waals surface area contributed by atoms with Crippen LogP contribution in [0.4, 0.5) is 0 Å². The van der Waals surface area contributed by atoms with Gasteiger partial charge in [-0.2, -0.15) is 0 Å². The topological polar surface area (TPSA) is 79.2 Å². The van der Waals surface area contributed by atoms with Crippen molar-refractivity contribution in [1.82, 2.24) is 4.90 Å². The lowest BCUT2D eigenvalue weighted by Crippen LogP contribution is -2.33. The van der Waals surface area contributed by atoms with Crippen molar-refractivity contribution in [2.45, 2.75) is 25.4 Å². The van der Waals surface area contributed by atoms with Crippen molar-refractivity contribution in [3.05, 3.63) is 89.5 Å². The number of benzene rings is 4. The number of carboxylic acids is 1. The van der Waals surface area contributed by atoms with Gasteiger partial charge in [-0.05, 0) is 78.2 Å². The third kappa shape index (κ3) is 4.49. The van der Waals surface area contributed by atoms with Crippen LogP contribution in [0, 0.1) is 0 Å². The van der Waals surface area contributed by atoms with Crippen LogP contribution < -0.4 is 9.47 Å². The summed E-state index contributed by atoms with van der Waals surface area (Å²) in [6.07, 6.45) is 3.33. The molecule has 2 aliphatic heterocycles. The second kappa shape index (κ2) is 9.79. The van der Waals surface area contributed by atoms with E-state index in [1.807, 2.05) is 48.5 Å². The highest BCUT2D eigenvalue weighted by Gasteiger charge is 2.32. The molecule has 0 amide bonds. The van der Waals surface area contributed by atoms with Crippen molar-refractivity contribution in [2.75, 3.05) is 26.2 Å². The van der Waals surface area contributed by atoms with Crippen molar-refractivity contribution >= 4 is 16.7 Å². The zero-order valence-electron chi connectivity index (χ0n) is 20.5. The molecule has 6 nitrogen and oxygen atoms in total. The number of carboxylic acid groups (broad SMARTS) is 1. The van der Waals surface area contributed by atoms with Crippen LogP contribution in [-0.4, -0.2) is 47.3 Å². The Bertz CT molecular complexity index is 1460. The van der Waals surface area contributed by atoms with E-state index in [9.17, 15) is 15.0 Å². The Balaban J connectivity index is 1.35. The second-order valence-corrected chi connectivity index (χ2v) is 9.74. The van der Waals surface area contributed by atoms with E-state index in [1.165, 1.54) is 19.3 Å². The lowest BCUT2D eigenvalue weighted by Gasteiger charge is -2.31. The van der Waals surface area contributed by atoms with Crippen LogP contribution in [-0.2, 0) is 0 Å². The van der Waals surface area contributed by atoms with Gasteiger partial charge in [0.15, 0.2) is 6.10 Å². The van der Waals surface area contributed by atoms with Gasteiger partial charge in [0.25, 0.3) is 0 Å². The summed E-state index contributed by atoms with van der Waals surface area (Å²) >= 11 is 0. The highest BCUT2D eigenvalue weighted by Crippen LogP contribution is 2.49. The highest BCUT2D eigenvalue weighted by atomic mass is 16.5. The fraction of sp³-hybridized carbons (Fsp3) is 0.258. The summed E-state index contributed by atoms with van der Waals surface area (Å²) in [5, 5.41) is 21.7. The summed E-state index contributed by atoms with van der Waals surface area (Å²) < 4.78 is 12.5. The number of ether oxygens (including phenoxy) is 2. The van der Waals surface area contributed by atoms with Gasteiger partial charge in [0, 0.05) is 17.7 Å². The lowest BCUT2D eigenvalue weighted by molar-refractivity contribution is 0.0690. The number of aromatic carboxylic acids is 1. The maximum Gasteiger partial charge on any atom is 0.339 e. The molecule has 0 bridgehead atoms. The molecule has 6 heteroatoms. The number of para-hydroxylation sites is 1. The van der Waals surface area contributed by atoms with Gasteiger partial charge in [0.2, 0.25) is 0 Å². The molecule has 0 radical (unpaired) electrons. The number of rotatable bonds is 6. The number of likely N-dealkylation sites (tertiary alicyclic amines) is 1. The van der Waals surface area contributed by atoms with E-state index in [-0.39, 0.29) is 11.3 Å². The second-order valence-electron chi connectivity index (χ2n) is 9.74. The van der Waals surface area contributed by atoms with Gasteiger partial charge in [0.1, 0.15) is 29.4 Å². The van der Waals surface area contributed by atoms with Crippen molar-refractivity contribution in [2.24, 2.45) is 0 Å². The SMILES string of the molecule is O=C(O)c1cccc2c1OC(c1ccc(OCCN3CCCCC3)cc1)c1c-2ccc2cc(O)ccc12. The minimum atomic E-state index is -1.03. The number of hydrogen-bond donors (Lipinski definition) is 2. The molecular weight excluding hydrogens is 466 g/mol. The van der Waals surface area contributed by atoms with Gasteiger partial charge in [-0.1, -0.05) is 48.9 Å². The molecule has 0 spiro atoms. The van der Waals surface area contributed by atoms with Gasteiger partial charge < -0.3 is 19.7 Å². The molecule has 0 saturated carbocycles. The van der Waals surface area contributed by atoms with E-state index in [1.54, 1.807) is 24.3 Å². The number of hydrogen-bond acceptors (Lipinski definition) is 5. The van der Waals surface area contributed by atoms with E-state index in [0.717, 1.165) is 58.4 Å².